The molecule has 0 spiro atoms. The first kappa shape index (κ1) is 21.3. The van der Waals surface area contributed by atoms with Crippen molar-refractivity contribution >= 4 is 11.9 Å². The Morgan fingerprint density at radius 3 is 2.00 bits per heavy atom. The van der Waals surface area contributed by atoms with Crippen LogP contribution in [0.25, 0.3) is 0 Å². The molecule has 2 N–H and O–H groups in total. The second kappa shape index (κ2) is 12.6. The summed E-state index contributed by atoms with van der Waals surface area (Å²) in [6, 6.07) is 7.57. The molecule has 0 radical (unpaired) electrons. The van der Waals surface area contributed by atoms with E-state index < -0.39 is 11.9 Å². The molecule has 0 saturated carbocycles. The molecule has 0 amide bonds. The highest BCUT2D eigenvalue weighted by atomic mass is 16.5. The molecule has 0 aromatic heterocycles. The molecular weight excluding hydrogens is 338 g/mol. The zero-order valence-electron chi connectivity index (χ0n) is 14.9. The Bertz CT molecular complexity index is 597. The quantitative estimate of drug-likeness (QED) is 0.625. The van der Waals surface area contributed by atoms with Gasteiger partial charge in [-0.05, 0) is 50.2 Å². The van der Waals surface area contributed by atoms with Crippen molar-refractivity contribution < 1.29 is 29.3 Å². The lowest BCUT2D eigenvalue weighted by Crippen LogP contribution is -2.24. The Hall–Kier alpha value is -2.72. The summed E-state index contributed by atoms with van der Waals surface area (Å²) in [5.41, 5.74) is 0. The normalized spacial score (nSPS) is 13.9. The summed E-state index contributed by atoms with van der Waals surface area (Å²) in [5.74, 6) is 4.30. The van der Waals surface area contributed by atoms with Crippen molar-refractivity contribution in [2.45, 2.75) is 25.7 Å². The molecule has 1 aromatic rings. The van der Waals surface area contributed by atoms with Crippen LogP contribution < -0.4 is 9.47 Å². The second-order valence-corrected chi connectivity index (χ2v) is 5.62. The van der Waals surface area contributed by atoms with Crippen molar-refractivity contribution in [2.24, 2.45) is 0 Å². The van der Waals surface area contributed by atoms with Crippen molar-refractivity contribution in [3.8, 4) is 23.3 Å². The van der Waals surface area contributed by atoms with Crippen LogP contribution >= 0.6 is 0 Å². The molecule has 0 atom stereocenters. The van der Waals surface area contributed by atoms with Crippen molar-refractivity contribution in [3.63, 3.8) is 0 Å². The summed E-state index contributed by atoms with van der Waals surface area (Å²) in [4.78, 5) is 20.6. The van der Waals surface area contributed by atoms with Gasteiger partial charge in [0.2, 0.25) is 0 Å². The summed E-state index contributed by atoms with van der Waals surface area (Å²) in [5, 5.41) is 14.8. The Morgan fingerprint density at radius 1 is 0.962 bits per heavy atom. The van der Waals surface area contributed by atoms with Gasteiger partial charge < -0.3 is 19.7 Å². The van der Waals surface area contributed by atoms with Crippen molar-refractivity contribution in [1.82, 2.24) is 4.90 Å². The average molecular weight is 363 g/mol. The number of hydrogen-bond donors (Lipinski definition) is 2. The van der Waals surface area contributed by atoms with E-state index in [-0.39, 0.29) is 0 Å². The van der Waals surface area contributed by atoms with E-state index in [9.17, 15) is 0 Å². The molecule has 7 heteroatoms. The number of benzene rings is 1. The maximum atomic E-state index is 9.10. The number of carboxylic acid groups (broad SMARTS) is 2. The monoisotopic (exact) mass is 363 g/mol. The number of nitrogens with zero attached hydrogens (tertiary/aromatic N) is 1. The zero-order chi connectivity index (χ0) is 19.2. The molecular formula is C19H25NO6. The van der Waals surface area contributed by atoms with Gasteiger partial charge in [-0.15, -0.1) is 0 Å². The van der Waals surface area contributed by atoms with Gasteiger partial charge >= 0.3 is 11.9 Å². The number of likely N-dealkylation sites (tertiary alicyclic amines) is 1. The van der Waals surface area contributed by atoms with Crippen LogP contribution in [0.15, 0.2) is 24.3 Å². The van der Waals surface area contributed by atoms with E-state index in [2.05, 4.69) is 16.7 Å². The Morgan fingerprint density at radius 2 is 1.50 bits per heavy atom. The molecule has 1 saturated heterocycles. The van der Waals surface area contributed by atoms with Crippen LogP contribution in [-0.2, 0) is 9.59 Å². The van der Waals surface area contributed by atoms with E-state index in [1.807, 2.05) is 24.3 Å². The first-order valence-corrected chi connectivity index (χ1v) is 8.44. The lowest BCUT2D eigenvalue weighted by atomic mass is 10.2. The highest BCUT2D eigenvalue weighted by molar-refractivity contribution is 6.27. The largest absolute Gasteiger partial charge is 0.497 e. The van der Waals surface area contributed by atoms with E-state index in [4.69, 9.17) is 29.3 Å². The van der Waals surface area contributed by atoms with E-state index >= 15 is 0 Å². The molecule has 26 heavy (non-hydrogen) atoms. The summed E-state index contributed by atoms with van der Waals surface area (Å²) in [6.45, 7) is 3.69. The minimum absolute atomic E-state index is 0.445. The average Bonchev–Trinajstić information content (AvgIpc) is 2.91. The molecule has 0 bridgehead atoms. The van der Waals surface area contributed by atoms with Gasteiger partial charge in [0, 0.05) is 0 Å². The summed E-state index contributed by atoms with van der Waals surface area (Å²) in [6.07, 6.45) is 5.35. The van der Waals surface area contributed by atoms with E-state index in [0.29, 0.717) is 6.61 Å². The molecule has 7 nitrogen and oxygen atoms in total. The second-order valence-electron chi connectivity index (χ2n) is 5.62. The van der Waals surface area contributed by atoms with Gasteiger partial charge in [-0.1, -0.05) is 24.7 Å². The van der Waals surface area contributed by atoms with Gasteiger partial charge in [0.1, 0.15) is 18.1 Å². The maximum Gasteiger partial charge on any atom is 0.414 e. The van der Waals surface area contributed by atoms with E-state index in [0.717, 1.165) is 18.0 Å². The van der Waals surface area contributed by atoms with Crippen LogP contribution in [0.5, 0.6) is 11.5 Å². The van der Waals surface area contributed by atoms with Crippen molar-refractivity contribution in [3.05, 3.63) is 24.3 Å². The minimum atomic E-state index is -1.82. The summed E-state index contributed by atoms with van der Waals surface area (Å²) < 4.78 is 10.7. The topological polar surface area (TPSA) is 96.3 Å². The minimum Gasteiger partial charge on any atom is -0.497 e. The van der Waals surface area contributed by atoms with Gasteiger partial charge in [0.25, 0.3) is 0 Å². The number of hydrogen-bond acceptors (Lipinski definition) is 5. The predicted molar refractivity (Wildman–Crippen MR) is 96.4 cm³/mol. The molecule has 0 aliphatic carbocycles. The predicted octanol–water partition coefficient (Wildman–Crippen LogP) is 2.11. The molecule has 1 aromatic carbocycles. The summed E-state index contributed by atoms with van der Waals surface area (Å²) >= 11 is 0. The number of rotatable bonds is 4. The van der Waals surface area contributed by atoms with E-state index in [1.54, 1.807) is 7.11 Å². The Balaban J connectivity index is 0.000000487. The molecule has 1 aliphatic rings. The first-order chi connectivity index (χ1) is 12.5. The van der Waals surface area contributed by atoms with Crippen LogP contribution in [0, 0.1) is 11.8 Å². The third-order valence-electron chi connectivity index (χ3n) is 3.68. The Kier molecular flexibility index (Phi) is 10.3. The number of carboxylic acids is 2. The zero-order valence-corrected chi connectivity index (χ0v) is 14.9. The fourth-order valence-corrected chi connectivity index (χ4v) is 2.30. The molecule has 0 unspecified atom stereocenters. The standard InChI is InChI=1S/C17H23NO2.C2H2O4/c1-19-16-8-10-17(11-9-16)20-15-7-6-14-18-12-4-2-3-5-13-18;3-1(4)2(5)6/h8-11H,2-5,12-15H2,1H3;(H,3,4)(H,5,6). The molecule has 1 aliphatic heterocycles. The number of ether oxygens (including phenoxy) is 2. The van der Waals surface area contributed by atoms with Crippen molar-refractivity contribution in [1.29, 1.82) is 0 Å². The molecule has 1 fully saturated rings. The third kappa shape index (κ3) is 9.55. The molecule has 2 rings (SSSR count). The highest BCUT2D eigenvalue weighted by Gasteiger charge is 2.06. The number of methoxy groups -OCH3 is 1. The van der Waals surface area contributed by atoms with Crippen LogP contribution in [0.2, 0.25) is 0 Å². The highest BCUT2D eigenvalue weighted by Crippen LogP contribution is 2.16. The van der Waals surface area contributed by atoms with Gasteiger partial charge in [-0.2, -0.15) is 0 Å². The molecule has 142 valence electrons. The summed E-state index contributed by atoms with van der Waals surface area (Å²) in [7, 11) is 1.66. The van der Waals surface area contributed by atoms with E-state index in [1.165, 1.54) is 38.8 Å². The van der Waals surface area contributed by atoms with Crippen LogP contribution in [0.1, 0.15) is 25.7 Å². The van der Waals surface area contributed by atoms with Crippen LogP contribution in [0.4, 0.5) is 0 Å². The lowest BCUT2D eigenvalue weighted by Gasteiger charge is -2.15. The fraction of sp³-hybridized carbons (Fsp3) is 0.474. The van der Waals surface area contributed by atoms with Gasteiger partial charge in [-0.25, -0.2) is 9.59 Å². The SMILES string of the molecule is COc1ccc(OCC#CCN2CCCCCC2)cc1.O=C(O)C(=O)O. The lowest BCUT2D eigenvalue weighted by molar-refractivity contribution is -0.159. The fourth-order valence-electron chi connectivity index (χ4n) is 2.30. The van der Waals surface area contributed by atoms with Crippen LogP contribution in [-0.4, -0.2) is 60.4 Å². The Labute approximate surface area is 153 Å². The van der Waals surface area contributed by atoms with Gasteiger partial charge in [-0.3, -0.25) is 4.90 Å². The smallest absolute Gasteiger partial charge is 0.414 e. The third-order valence-corrected chi connectivity index (χ3v) is 3.68. The molecule has 1 heterocycles. The van der Waals surface area contributed by atoms with Crippen molar-refractivity contribution in [2.75, 3.05) is 33.4 Å². The van der Waals surface area contributed by atoms with Gasteiger partial charge in [0.05, 0.1) is 13.7 Å². The number of carbonyl (C=O) groups is 2. The maximum absolute atomic E-state index is 9.10. The number of aliphatic carboxylic acids is 2. The van der Waals surface area contributed by atoms with Gasteiger partial charge in [0.15, 0.2) is 0 Å². The van der Waals surface area contributed by atoms with Crippen LogP contribution in [0.3, 0.4) is 0 Å². The first-order valence-electron chi connectivity index (χ1n) is 8.44.